The van der Waals surface area contributed by atoms with Crippen molar-refractivity contribution in [1.29, 1.82) is 0 Å². The summed E-state index contributed by atoms with van der Waals surface area (Å²) in [4.78, 5) is 4.01. The van der Waals surface area contributed by atoms with E-state index in [1.165, 1.54) is 0 Å². The van der Waals surface area contributed by atoms with Gasteiger partial charge in [-0.3, -0.25) is 0 Å². The van der Waals surface area contributed by atoms with Crippen LogP contribution >= 0.6 is 43.5 Å². The second-order valence-electron chi connectivity index (χ2n) is 1.73. The average Bonchev–Trinajstić information content (AvgIpc) is 1.88. The highest BCUT2D eigenvalue weighted by molar-refractivity contribution is 9.10. The second-order valence-corrected chi connectivity index (χ2v) is 3.51. The molecule has 0 amide bonds. The maximum Gasteiger partial charge on any atom is 0.107 e. The first-order valence-corrected chi connectivity index (χ1v) is 4.89. The number of pyridine rings is 1. The van der Waals surface area contributed by atoms with E-state index < -0.39 is 0 Å². The highest BCUT2D eigenvalue weighted by atomic mass is 79.9. The Labute approximate surface area is 81.1 Å². The van der Waals surface area contributed by atoms with Crippen LogP contribution in [-0.4, -0.2) is 4.98 Å². The van der Waals surface area contributed by atoms with Crippen LogP contribution in [0.2, 0.25) is 5.02 Å². The van der Waals surface area contributed by atoms with Gasteiger partial charge in [0.15, 0.2) is 0 Å². The van der Waals surface area contributed by atoms with Gasteiger partial charge in [0, 0.05) is 16.5 Å². The Hall–Kier alpha value is 0.400. The van der Waals surface area contributed by atoms with Gasteiger partial charge in [0.1, 0.15) is 4.60 Å². The molecule has 0 aliphatic carbocycles. The van der Waals surface area contributed by atoms with E-state index in [-0.39, 0.29) is 0 Å². The third-order valence-electron chi connectivity index (χ3n) is 1.04. The van der Waals surface area contributed by atoms with E-state index in [9.17, 15) is 0 Å². The van der Waals surface area contributed by atoms with E-state index in [4.69, 9.17) is 11.6 Å². The second kappa shape index (κ2) is 3.69. The molecule has 0 aliphatic heterocycles. The quantitative estimate of drug-likeness (QED) is 0.569. The Morgan fingerprint density at radius 3 is 2.80 bits per heavy atom. The zero-order chi connectivity index (χ0) is 7.56. The van der Waals surface area contributed by atoms with E-state index >= 15 is 0 Å². The molecule has 10 heavy (non-hydrogen) atoms. The van der Waals surface area contributed by atoms with Crippen LogP contribution < -0.4 is 0 Å². The van der Waals surface area contributed by atoms with Crippen molar-refractivity contribution in [3.63, 3.8) is 0 Å². The topological polar surface area (TPSA) is 12.9 Å². The molecule has 0 fully saturated rings. The molecule has 0 radical (unpaired) electrons. The highest BCUT2D eigenvalue weighted by Gasteiger charge is 1.98. The van der Waals surface area contributed by atoms with Crippen LogP contribution in [0.4, 0.5) is 0 Å². The van der Waals surface area contributed by atoms with Crippen LogP contribution in [0.25, 0.3) is 0 Å². The summed E-state index contributed by atoms with van der Waals surface area (Å²) in [5, 5.41) is 1.48. The van der Waals surface area contributed by atoms with Gasteiger partial charge in [-0.05, 0) is 27.6 Å². The largest absolute Gasteiger partial charge is 0.249 e. The van der Waals surface area contributed by atoms with Crippen LogP contribution in [0.1, 0.15) is 5.56 Å². The van der Waals surface area contributed by atoms with E-state index in [1.54, 1.807) is 12.3 Å². The zero-order valence-electron chi connectivity index (χ0n) is 4.94. The summed E-state index contributed by atoms with van der Waals surface area (Å²) in [6.45, 7) is 0. The van der Waals surface area contributed by atoms with Crippen LogP contribution in [-0.2, 0) is 5.33 Å². The molecule has 1 rings (SSSR count). The van der Waals surface area contributed by atoms with E-state index in [2.05, 4.69) is 36.8 Å². The molecular weight excluding hydrogens is 281 g/mol. The Balaban J connectivity index is 3.07. The van der Waals surface area contributed by atoms with Gasteiger partial charge in [-0.2, -0.15) is 0 Å². The lowest BCUT2D eigenvalue weighted by Crippen LogP contribution is -1.82. The van der Waals surface area contributed by atoms with Gasteiger partial charge in [0.2, 0.25) is 0 Å². The van der Waals surface area contributed by atoms with Crippen molar-refractivity contribution in [3.05, 3.63) is 27.5 Å². The predicted octanol–water partition coefficient (Wildman–Crippen LogP) is 3.39. The highest BCUT2D eigenvalue weighted by Crippen LogP contribution is 2.20. The minimum atomic E-state index is 0.735. The molecule has 0 spiro atoms. The zero-order valence-corrected chi connectivity index (χ0v) is 8.87. The van der Waals surface area contributed by atoms with Crippen molar-refractivity contribution >= 4 is 43.5 Å². The smallest absolute Gasteiger partial charge is 0.107 e. The summed E-state index contributed by atoms with van der Waals surface area (Å²) in [6.07, 6.45) is 1.74. The molecule has 0 N–H and O–H groups in total. The van der Waals surface area contributed by atoms with Crippen molar-refractivity contribution < 1.29 is 0 Å². The van der Waals surface area contributed by atoms with Crippen molar-refractivity contribution in [2.45, 2.75) is 5.33 Å². The fraction of sp³-hybridized carbons (Fsp3) is 0.167. The van der Waals surface area contributed by atoms with Crippen molar-refractivity contribution in [1.82, 2.24) is 4.98 Å². The molecule has 4 heteroatoms. The SMILES string of the molecule is Clc1cc(Br)ncc1CBr. The Kier molecular flexibility index (Phi) is 3.14. The normalized spacial score (nSPS) is 9.90. The summed E-state index contributed by atoms with van der Waals surface area (Å²) in [5.74, 6) is 0. The maximum atomic E-state index is 5.83. The number of alkyl halides is 1. The number of nitrogens with zero attached hydrogens (tertiary/aromatic N) is 1. The van der Waals surface area contributed by atoms with Crippen LogP contribution in [0.3, 0.4) is 0 Å². The molecule has 0 atom stereocenters. The average molecular weight is 285 g/mol. The number of halogens is 3. The fourth-order valence-corrected chi connectivity index (χ4v) is 1.82. The summed E-state index contributed by atoms with van der Waals surface area (Å²) in [7, 11) is 0. The minimum Gasteiger partial charge on any atom is -0.249 e. The number of hydrogen-bond donors (Lipinski definition) is 0. The number of hydrogen-bond acceptors (Lipinski definition) is 1. The first kappa shape index (κ1) is 8.50. The Morgan fingerprint density at radius 2 is 2.30 bits per heavy atom. The first-order valence-electron chi connectivity index (χ1n) is 2.60. The predicted molar refractivity (Wildman–Crippen MR) is 49.6 cm³/mol. The van der Waals surface area contributed by atoms with Crippen LogP contribution in [0.5, 0.6) is 0 Å². The van der Waals surface area contributed by atoms with Gasteiger partial charge in [0.05, 0.1) is 0 Å². The number of rotatable bonds is 1. The molecule has 0 aromatic carbocycles. The van der Waals surface area contributed by atoms with Gasteiger partial charge in [-0.15, -0.1) is 0 Å². The molecule has 54 valence electrons. The molecule has 0 aliphatic rings. The Morgan fingerprint density at radius 1 is 1.60 bits per heavy atom. The third kappa shape index (κ3) is 1.94. The van der Waals surface area contributed by atoms with E-state index in [0.29, 0.717) is 0 Å². The fourth-order valence-electron chi connectivity index (χ4n) is 0.534. The van der Waals surface area contributed by atoms with Gasteiger partial charge in [-0.25, -0.2) is 4.98 Å². The summed E-state index contributed by atoms with van der Waals surface area (Å²) < 4.78 is 0.766. The molecule has 0 saturated carbocycles. The van der Waals surface area contributed by atoms with Crippen molar-refractivity contribution in [2.75, 3.05) is 0 Å². The first-order chi connectivity index (χ1) is 4.74. The van der Waals surface area contributed by atoms with E-state index in [1.807, 2.05) is 0 Å². The molecular formula is C6H4Br2ClN. The Bertz CT molecular complexity index is 239. The van der Waals surface area contributed by atoms with E-state index in [0.717, 1.165) is 20.5 Å². The molecule has 0 unspecified atom stereocenters. The lowest BCUT2D eigenvalue weighted by Gasteiger charge is -1.97. The van der Waals surface area contributed by atoms with Gasteiger partial charge in [-0.1, -0.05) is 27.5 Å². The molecule has 1 aromatic heterocycles. The number of aromatic nitrogens is 1. The van der Waals surface area contributed by atoms with Crippen molar-refractivity contribution in [3.8, 4) is 0 Å². The lowest BCUT2D eigenvalue weighted by atomic mass is 10.3. The third-order valence-corrected chi connectivity index (χ3v) is 2.43. The van der Waals surface area contributed by atoms with Crippen LogP contribution in [0.15, 0.2) is 16.9 Å². The standard InChI is InChI=1S/C6H4Br2ClN/c7-2-4-3-10-6(8)1-5(4)9/h1,3H,2H2. The maximum absolute atomic E-state index is 5.83. The van der Waals surface area contributed by atoms with Gasteiger partial charge < -0.3 is 0 Å². The molecule has 1 nitrogen and oxygen atoms in total. The van der Waals surface area contributed by atoms with Gasteiger partial charge >= 0.3 is 0 Å². The monoisotopic (exact) mass is 283 g/mol. The summed E-state index contributed by atoms with van der Waals surface area (Å²) >= 11 is 12.3. The van der Waals surface area contributed by atoms with Crippen molar-refractivity contribution in [2.24, 2.45) is 0 Å². The summed E-state index contributed by atoms with van der Waals surface area (Å²) in [5.41, 5.74) is 1.00. The minimum absolute atomic E-state index is 0.735. The molecule has 1 aromatic rings. The lowest BCUT2D eigenvalue weighted by molar-refractivity contribution is 1.22. The van der Waals surface area contributed by atoms with Crippen LogP contribution in [0, 0.1) is 0 Å². The molecule has 0 saturated heterocycles. The summed E-state index contributed by atoms with van der Waals surface area (Å²) in [6, 6.07) is 1.78. The molecule has 1 heterocycles. The molecule has 0 bridgehead atoms. The van der Waals surface area contributed by atoms with Gasteiger partial charge in [0.25, 0.3) is 0 Å².